The number of halogens is 1. The average Bonchev–Trinajstić information content (AvgIpc) is 3.12. The lowest BCUT2D eigenvalue weighted by Crippen LogP contribution is -2.44. The SMILES string of the molecule is C=CCn1c(=O)c2cnc(Nc3ccc(N4CCN(C)CC4)c(C)c3)nc2n1-c1ccc(F)cn1. The van der Waals surface area contributed by atoms with Gasteiger partial charge in [0.05, 0.1) is 12.7 Å². The van der Waals surface area contributed by atoms with Crippen LogP contribution in [0.3, 0.4) is 0 Å². The largest absolute Gasteiger partial charge is 0.369 e. The number of anilines is 3. The number of hydrogen-bond donors (Lipinski definition) is 1. The van der Waals surface area contributed by atoms with E-state index in [0.29, 0.717) is 22.8 Å². The van der Waals surface area contributed by atoms with Crippen molar-refractivity contribution in [3.63, 3.8) is 0 Å². The van der Waals surface area contributed by atoms with Crippen LogP contribution in [-0.2, 0) is 6.54 Å². The van der Waals surface area contributed by atoms with Gasteiger partial charge in [-0.15, -0.1) is 6.58 Å². The van der Waals surface area contributed by atoms with Crippen LogP contribution in [-0.4, -0.2) is 62.4 Å². The highest BCUT2D eigenvalue weighted by Gasteiger charge is 2.19. The summed E-state index contributed by atoms with van der Waals surface area (Å²) in [4.78, 5) is 30.8. The first kappa shape index (κ1) is 22.7. The van der Waals surface area contributed by atoms with Gasteiger partial charge in [0.25, 0.3) is 5.56 Å². The van der Waals surface area contributed by atoms with Gasteiger partial charge in [-0.2, -0.15) is 4.98 Å². The molecule has 1 fully saturated rings. The van der Waals surface area contributed by atoms with Crippen molar-refractivity contribution >= 4 is 28.4 Å². The molecule has 1 aliphatic rings. The van der Waals surface area contributed by atoms with Crippen molar-refractivity contribution in [2.75, 3.05) is 43.4 Å². The number of allylic oxidation sites excluding steroid dienone is 1. The maximum Gasteiger partial charge on any atom is 0.278 e. The van der Waals surface area contributed by atoms with Gasteiger partial charge >= 0.3 is 0 Å². The normalized spacial score (nSPS) is 14.4. The molecule has 4 aromatic rings. The predicted octanol–water partition coefficient (Wildman–Crippen LogP) is 3.11. The molecule has 10 heteroatoms. The van der Waals surface area contributed by atoms with Crippen LogP contribution in [0.15, 0.2) is 60.2 Å². The summed E-state index contributed by atoms with van der Waals surface area (Å²) in [5, 5.41) is 3.59. The molecule has 3 aromatic heterocycles. The first-order chi connectivity index (χ1) is 16.9. The first-order valence-electron chi connectivity index (χ1n) is 11.5. The van der Waals surface area contributed by atoms with E-state index >= 15 is 0 Å². The molecule has 0 unspecified atom stereocenters. The van der Waals surface area contributed by atoms with Crippen molar-refractivity contribution in [3.05, 3.63) is 77.1 Å². The van der Waals surface area contributed by atoms with Crippen LogP contribution in [0.5, 0.6) is 0 Å². The van der Waals surface area contributed by atoms with E-state index in [1.54, 1.807) is 10.8 Å². The van der Waals surface area contributed by atoms with Gasteiger partial charge in [0.15, 0.2) is 11.5 Å². The van der Waals surface area contributed by atoms with E-state index in [1.807, 2.05) is 6.07 Å². The van der Waals surface area contributed by atoms with Gasteiger partial charge in [-0.1, -0.05) is 6.08 Å². The number of rotatable bonds is 6. The van der Waals surface area contributed by atoms with Crippen LogP contribution >= 0.6 is 0 Å². The lowest BCUT2D eigenvalue weighted by atomic mass is 10.1. The Morgan fingerprint density at radius 1 is 1.11 bits per heavy atom. The number of likely N-dealkylation sites (N-methyl/N-ethyl adjacent to an activating group) is 1. The lowest BCUT2D eigenvalue weighted by Gasteiger charge is -2.35. The Hall–Kier alpha value is -4.05. The van der Waals surface area contributed by atoms with Crippen molar-refractivity contribution in [2.45, 2.75) is 13.5 Å². The molecule has 0 atom stereocenters. The molecule has 1 saturated heterocycles. The van der Waals surface area contributed by atoms with E-state index in [0.717, 1.165) is 43.6 Å². The Labute approximate surface area is 202 Å². The molecule has 5 rings (SSSR count). The second-order valence-corrected chi connectivity index (χ2v) is 8.67. The highest BCUT2D eigenvalue weighted by atomic mass is 19.1. The summed E-state index contributed by atoms with van der Waals surface area (Å²) in [6.07, 6.45) is 4.21. The quantitative estimate of drug-likeness (QED) is 0.430. The van der Waals surface area contributed by atoms with Crippen LogP contribution in [0.2, 0.25) is 0 Å². The summed E-state index contributed by atoms with van der Waals surface area (Å²) in [5.41, 5.74) is 3.33. The standard InChI is InChI=1S/C25H27FN8O/c1-4-9-33-24(35)20-16-28-25(30-23(20)34(33)22-8-5-18(26)15-27-22)29-19-6-7-21(17(2)14-19)32-12-10-31(3)11-13-32/h4-8,14-16H,1,9-13H2,2-3H3,(H,28,29,30). The molecule has 1 N–H and O–H groups in total. The topological polar surface area (TPSA) is 84.1 Å². The van der Waals surface area contributed by atoms with Gasteiger partial charge in [-0.3, -0.25) is 4.79 Å². The monoisotopic (exact) mass is 474 g/mol. The molecule has 0 saturated carbocycles. The van der Waals surface area contributed by atoms with Crippen molar-refractivity contribution < 1.29 is 4.39 Å². The van der Waals surface area contributed by atoms with Gasteiger partial charge in [0, 0.05) is 43.8 Å². The molecule has 0 aliphatic carbocycles. The average molecular weight is 475 g/mol. The second kappa shape index (κ2) is 9.30. The third-order valence-corrected chi connectivity index (χ3v) is 6.20. The van der Waals surface area contributed by atoms with Crippen LogP contribution in [0.4, 0.5) is 21.7 Å². The van der Waals surface area contributed by atoms with Gasteiger partial charge in [-0.05, 0) is 49.9 Å². The summed E-state index contributed by atoms with van der Waals surface area (Å²) in [5.74, 6) is 0.253. The minimum atomic E-state index is -0.463. The molecule has 0 radical (unpaired) electrons. The fraction of sp³-hybridized carbons (Fsp3) is 0.280. The number of piperazine rings is 1. The lowest BCUT2D eigenvalue weighted by molar-refractivity contribution is 0.312. The Morgan fingerprint density at radius 3 is 2.60 bits per heavy atom. The van der Waals surface area contributed by atoms with Crippen LogP contribution in [0.25, 0.3) is 16.9 Å². The van der Waals surface area contributed by atoms with Crippen LogP contribution in [0, 0.1) is 12.7 Å². The zero-order valence-electron chi connectivity index (χ0n) is 19.8. The maximum absolute atomic E-state index is 13.5. The van der Waals surface area contributed by atoms with E-state index in [4.69, 9.17) is 0 Å². The van der Waals surface area contributed by atoms with E-state index in [2.05, 4.69) is 62.8 Å². The zero-order valence-corrected chi connectivity index (χ0v) is 19.8. The summed E-state index contributed by atoms with van der Waals surface area (Å²) < 4.78 is 16.5. The highest BCUT2D eigenvalue weighted by Crippen LogP contribution is 2.26. The van der Waals surface area contributed by atoms with Gasteiger partial charge < -0.3 is 15.1 Å². The summed E-state index contributed by atoms with van der Waals surface area (Å²) in [6.45, 7) is 10.2. The Balaban J connectivity index is 1.49. The predicted molar refractivity (Wildman–Crippen MR) is 135 cm³/mol. The number of benzene rings is 1. The third-order valence-electron chi connectivity index (χ3n) is 6.20. The number of nitrogens with one attached hydrogen (secondary N) is 1. The molecule has 9 nitrogen and oxygen atoms in total. The van der Waals surface area contributed by atoms with Crippen molar-refractivity contribution in [2.24, 2.45) is 0 Å². The minimum Gasteiger partial charge on any atom is -0.369 e. The van der Waals surface area contributed by atoms with Gasteiger partial charge in [0.2, 0.25) is 5.95 Å². The molecular formula is C25H27FN8O. The maximum atomic E-state index is 13.5. The minimum absolute atomic E-state index is 0.240. The van der Waals surface area contributed by atoms with Crippen LogP contribution < -0.4 is 15.8 Å². The fourth-order valence-electron chi connectivity index (χ4n) is 4.37. The Kier molecular flexibility index (Phi) is 6.04. The summed E-state index contributed by atoms with van der Waals surface area (Å²) >= 11 is 0. The number of fused-ring (bicyclic) bond motifs is 1. The van der Waals surface area contributed by atoms with E-state index in [-0.39, 0.29) is 12.1 Å². The Morgan fingerprint density at radius 2 is 1.91 bits per heavy atom. The number of aromatic nitrogens is 5. The molecule has 35 heavy (non-hydrogen) atoms. The highest BCUT2D eigenvalue weighted by molar-refractivity contribution is 5.77. The van der Waals surface area contributed by atoms with E-state index < -0.39 is 5.82 Å². The molecule has 4 heterocycles. The first-order valence-corrected chi connectivity index (χ1v) is 11.5. The van der Waals surface area contributed by atoms with Gasteiger partial charge in [-0.25, -0.2) is 23.7 Å². The molecule has 1 aliphatic heterocycles. The fourth-order valence-corrected chi connectivity index (χ4v) is 4.37. The zero-order chi connectivity index (χ0) is 24.5. The molecule has 180 valence electrons. The summed E-state index contributed by atoms with van der Waals surface area (Å²) in [6, 6.07) is 8.98. The molecule has 0 amide bonds. The Bertz CT molecular complexity index is 1430. The number of nitrogens with zero attached hydrogens (tertiary/aromatic N) is 7. The smallest absolute Gasteiger partial charge is 0.278 e. The molecular weight excluding hydrogens is 447 g/mol. The molecule has 0 spiro atoms. The van der Waals surface area contributed by atoms with E-state index in [9.17, 15) is 9.18 Å². The molecule has 0 bridgehead atoms. The van der Waals surface area contributed by atoms with Crippen LogP contribution in [0.1, 0.15) is 5.56 Å². The number of hydrogen-bond acceptors (Lipinski definition) is 7. The molecule has 1 aromatic carbocycles. The van der Waals surface area contributed by atoms with Crippen molar-refractivity contribution in [3.8, 4) is 5.82 Å². The number of aryl methyl sites for hydroxylation is 1. The van der Waals surface area contributed by atoms with E-state index in [1.165, 1.54) is 28.7 Å². The van der Waals surface area contributed by atoms with Gasteiger partial charge in [0.1, 0.15) is 11.2 Å². The number of pyridine rings is 1. The van der Waals surface area contributed by atoms with Crippen molar-refractivity contribution in [1.29, 1.82) is 0 Å². The van der Waals surface area contributed by atoms with Crippen molar-refractivity contribution in [1.82, 2.24) is 29.2 Å². The second-order valence-electron chi connectivity index (χ2n) is 8.67. The summed E-state index contributed by atoms with van der Waals surface area (Å²) in [7, 11) is 2.14. The third kappa shape index (κ3) is 4.40.